The van der Waals surface area contributed by atoms with E-state index in [1.165, 1.54) is 6.26 Å². The summed E-state index contributed by atoms with van der Waals surface area (Å²) in [6, 6.07) is 21.1. The molecule has 1 N–H and O–H groups in total. The molecule has 0 atom stereocenters. The highest BCUT2D eigenvalue weighted by molar-refractivity contribution is 6.02. The highest BCUT2D eigenvalue weighted by Gasteiger charge is 2.11. The molecule has 134 valence electrons. The fraction of sp³-hybridized carbons (Fsp3) is 0.0500. The van der Waals surface area contributed by atoms with Crippen LogP contribution in [0.15, 0.2) is 83.7 Å². The number of carbonyl (C=O) groups is 1. The molecule has 4 aromatic rings. The van der Waals surface area contributed by atoms with Crippen molar-refractivity contribution in [3.63, 3.8) is 0 Å². The molecular formula is C20H16N4O3. The quantitative estimate of drug-likeness (QED) is 0.565. The second-order valence-electron chi connectivity index (χ2n) is 5.74. The first-order chi connectivity index (χ1) is 13.3. The molecule has 1 amide bonds. The summed E-state index contributed by atoms with van der Waals surface area (Å²) in [6.45, 7) is 0.196. The summed E-state index contributed by atoms with van der Waals surface area (Å²) in [6.07, 6.45) is 3.06. The molecule has 0 unspecified atom stereocenters. The number of amides is 1. The van der Waals surface area contributed by atoms with Crippen LogP contribution in [0, 0.1) is 0 Å². The second kappa shape index (κ2) is 7.57. The van der Waals surface area contributed by atoms with Gasteiger partial charge < -0.3 is 14.6 Å². The highest BCUT2D eigenvalue weighted by atomic mass is 16.5. The van der Waals surface area contributed by atoms with Crippen molar-refractivity contribution in [1.82, 2.24) is 14.9 Å². The molecule has 2 aromatic heterocycles. The Hall–Kier alpha value is -3.87. The van der Waals surface area contributed by atoms with Crippen molar-refractivity contribution in [1.29, 1.82) is 0 Å². The van der Waals surface area contributed by atoms with Gasteiger partial charge in [-0.2, -0.15) is 5.10 Å². The van der Waals surface area contributed by atoms with Gasteiger partial charge in [-0.05, 0) is 29.3 Å². The van der Waals surface area contributed by atoms with Crippen LogP contribution in [0.5, 0.6) is 5.75 Å². The smallest absolute Gasteiger partial charge is 0.277 e. The largest absolute Gasteiger partial charge is 0.471 e. The molecule has 2 aromatic carbocycles. The maximum Gasteiger partial charge on any atom is 0.277 e. The zero-order valence-electron chi connectivity index (χ0n) is 14.3. The van der Waals surface area contributed by atoms with Gasteiger partial charge in [0.2, 0.25) is 0 Å². The number of carbonyl (C=O) groups excluding carboxylic acids is 1. The van der Waals surface area contributed by atoms with Crippen LogP contribution in [-0.4, -0.2) is 20.8 Å². The van der Waals surface area contributed by atoms with Crippen LogP contribution >= 0.6 is 0 Å². The minimum Gasteiger partial charge on any atom is -0.471 e. The number of benzene rings is 2. The predicted molar refractivity (Wildman–Crippen MR) is 99.2 cm³/mol. The van der Waals surface area contributed by atoms with Gasteiger partial charge in [0, 0.05) is 12.3 Å². The second-order valence-corrected chi connectivity index (χ2v) is 5.74. The number of hydrogen-bond donors (Lipinski definition) is 1. The first-order valence-electron chi connectivity index (χ1n) is 8.31. The van der Waals surface area contributed by atoms with Gasteiger partial charge in [-0.1, -0.05) is 47.6 Å². The average molecular weight is 360 g/mol. The molecule has 7 nitrogen and oxygen atoms in total. The lowest BCUT2D eigenvalue weighted by atomic mass is 10.1. The number of ether oxygens (including phenoxy) is 1. The van der Waals surface area contributed by atoms with E-state index in [4.69, 9.17) is 4.74 Å². The van der Waals surface area contributed by atoms with Crippen molar-refractivity contribution in [3.8, 4) is 16.9 Å². The van der Waals surface area contributed by atoms with Gasteiger partial charge in [0.15, 0.2) is 18.2 Å². The summed E-state index contributed by atoms with van der Waals surface area (Å²) in [4.78, 5) is 12.1. The van der Waals surface area contributed by atoms with E-state index in [1.54, 1.807) is 23.0 Å². The van der Waals surface area contributed by atoms with Gasteiger partial charge in [0.25, 0.3) is 5.91 Å². The summed E-state index contributed by atoms with van der Waals surface area (Å²) in [5, 5.41) is 10.4. The van der Waals surface area contributed by atoms with Crippen LogP contribution in [0.3, 0.4) is 0 Å². The lowest BCUT2D eigenvalue weighted by molar-refractivity contribution is 0.101. The third-order valence-corrected chi connectivity index (χ3v) is 3.88. The van der Waals surface area contributed by atoms with E-state index < -0.39 is 0 Å². The van der Waals surface area contributed by atoms with E-state index in [0.29, 0.717) is 5.82 Å². The number of rotatable bonds is 6. The standard InChI is InChI=1S/C20H16N4O3/c25-20(21-19-11-13-27-23-19)18-10-12-24(22-18)14-26-17-8-6-16(7-9-17)15-4-2-1-3-5-15/h1-13H,14H2,(H,21,23,25). The molecule has 2 heterocycles. The number of anilines is 1. The van der Waals surface area contributed by atoms with Crippen LogP contribution in [0.2, 0.25) is 0 Å². The fourth-order valence-corrected chi connectivity index (χ4v) is 2.53. The van der Waals surface area contributed by atoms with Gasteiger partial charge in [-0.25, -0.2) is 4.68 Å². The maximum absolute atomic E-state index is 12.1. The zero-order chi connectivity index (χ0) is 18.5. The molecule has 0 radical (unpaired) electrons. The Balaban J connectivity index is 1.35. The lowest BCUT2D eigenvalue weighted by Crippen LogP contribution is -2.14. The molecule has 0 aliphatic rings. The average Bonchev–Trinajstić information content (AvgIpc) is 3.39. The Bertz CT molecular complexity index is 1010. The maximum atomic E-state index is 12.1. The molecule has 0 bridgehead atoms. The van der Waals surface area contributed by atoms with Gasteiger partial charge in [0.05, 0.1) is 0 Å². The highest BCUT2D eigenvalue weighted by Crippen LogP contribution is 2.22. The Morgan fingerprint density at radius 2 is 1.78 bits per heavy atom. The Labute approximate surface area is 155 Å². The van der Waals surface area contributed by atoms with Gasteiger partial charge in [0.1, 0.15) is 12.0 Å². The third kappa shape index (κ3) is 4.04. The Kier molecular flexibility index (Phi) is 4.65. The molecule has 0 saturated carbocycles. The number of nitrogens with one attached hydrogen (secondary N) is 1. The third-order valence-electron chi connectivity index (χ3n) is 3.88. The van der Waals surface area contributed by atoms with Crippen LogP contribution in [0.25, 0.3) is 11.1 Å². The molecule has 0 saturated heterocycles. The first-order valence-corrected chi connectivity index (χ1v) is 8.31. The summed E-state index contributed by atoms with van der Waals surface area (Å²) in [7, 11) is 0. The van der Waals surface area contributed by atoms with E-state index in [0.717, 1.165) is 16.9 Å². The van der Waals surface area contributed by atoms with E-state index in [9.17, 15) is 4.79 Å². The minimum atomic E-state index is -0.366. The minimum absolute atomic E-state index is 0.196. The van der Waals surface area contributed by atoms with Gasteiger partial charge in [-0.15, -0.1) is 0 Å². The topological polar surface area (TPSA) is 82.2 Å². The van der Waals surface area contributed by atoms with Crippen molar-refractivity contribution in [2.75, 3.05) is 5.32 Å². The summed E-state index contributed by atoms with van der Waals surface area (Å²) in [5.41, 5.74) is 2.54. The van der Waals surface area contributed by atoms with E-state index in [2.05, 4.69) is 32.2 Å². The molecule has 4 rings (SSSR count). The molecule has 7 heteroatoms. The molecular weight excluding hydrogens is 344 g/mol. The normalized spacial score (nSPS) is 10.5. The van der Waals surface area contributed by atoms with Crippen LogP contribution in [0.1, 0.15) is 10.5 Å². The first kappa shape index (κ1) is 16.6. The molecule has 0 aliphatic carbocycles. The van der Waals surface area contributed by atoms with E-state index in [1.807, 2.05) is 42.5 Å². The van der Waals surface area contributed by atoms with Gasteiger partial charge in [-0.3, -0.25) is 4.79 Å². The van der Waals surface area contributed by atoms with Gasteiger partial charge >= 0.3 is 0 Å². The van der Waals surface area contributed by atoms with Crippen molar-refractivity contribution in [2.24, 2.45) is 0 Å². The number of aromatic nitrogens is 3. The fourth-order valence-electron chi connectivity index (χ4n) is 2.53. The number of nitrogens with zero attached hydrogens (tertiary/aromatic N) is 3. The van der Waals surface area contributed by atoms with E-state index in [-0.39, 0.29) is 18.3 Å². The molecule has 0 fully saturated rings. The summed E-state index contributed by atoms with van der Waals surface area (Å²) < 4.78 is 11.9. The Morgan fingerprint density at radius 1 is 1.00 bits per heavy atom. The van der Waals surface area contributed by atoms with Crippen LogP contribution in [0.4, 0.5) is 5.82 Å². The van der Waals surface area contributed by atoms with Crippen molar-refractivity contribution in [2.45, 2.75) is 6.73 Å². The zero-order valence-corrected chi connectivity index (χ0v) is 14.3. The van der Waals surface area contributed by atoms with E-state index >= 15 is 0 Å². The van der Waals surface area contributed by atoms with Crippen molar-refractivity contribution >= 4 is 11.7 Å². The van der Waals surface area contributed by atoms with Crippen molar-refractivity contribution < 1.29 is 14.1 Å². The molecule has 0 aliphatic heterocycles. The summed E-state index contributed by atoms with van der Waals surface area (Å²) >= 11 is 0. The Morgan fingerprint density at radius 3 is 2.52 bits per heavy atom. The van der Waals surface area contributed by atoms with Crippen LogP contribution < -0.4 is 10.1 Å². The summed E-state index contributed by atoms with van der Waals surface area (Å²) in [5.74, 6) is 0.693. The van der Waals surface area contributed by atoms with Crippen molar-refractivity contribution in [3.05, 3.63) is 84.9 Å². The number of hydrogen-bond acceptors (Lipinski definition) is 5. The van der Waals surface area contributed by atoms with Crippen LogP contribution in [-0.2, 0) is 6.73 Å². The SMILES string of the molecule is O=C(Nc1ccon1)c1ccn(COc2ccc(-c3ccccc3)cc2)n1. The predicted octanol–water partition coefficient (Wildman–Crippen LogP) is 3.83. The monoisotopic (exact) mass is 360 g/mol. The molecule has 27 heavy (non-hydrogen) atoms. The molecule has 0 spiro atoms. The lowest BCUT2D eigenvalue weighted by Gasteiger charge is -2.07.